The molecule has 1 aromatic rings. The third kappa shape index (κ3) is 2.69. The van der Waals surface area contributed by atoms with Crippen LogP contribution in [0.4, 0.5) is 0 Å². The maximum atomic E-state index is 11.2. The van der Waals surface area contributed by atoms with E-state index < -0.39 is 7.60 Å². The van der Waals surface area contributed by atoms with Crippen LogP contribution in [0.25, 0.3) is 0 Å². The normalized spacial score (nSPS) is 14.4. The molecule has 0 bridgehead atoms. The first-order chi connectivity index (χ1) is 6.59. The number of para-hydroxylation sites is 1. The van der Waals surface area contributed by atoms with E-state index in [0.29, 0.717) is 6.29 Å². The van der Waals surface area contributed by atoms with E-state index in [9.17, 15) is 14.3 Å². The number of carbonyl (C=O) groups excluding carboxylic acids is 1. The molecule has 5 heteroatoms. The molecule has 1 N–H and O–H groups in total. The molecule has 4 nitrogen and oxygen atoms in total. The minimum atomic E-state index is -3.59. The Balaban J connectivity index is 2.97. The summed E-state index contributed by atoms with van der Waals surface area (Å²) in [6, 6.07) is 6.31. The van der Waals surface area contributed by atoms with Crippen molar-refractivity contribution in [1.82, 2.24) is 0 Å². The first-order valence-corrected chi connectivity index (χ1v) is 5.91. The predicted octanol–water partition coefficient (Wildman–Crippen LogP) is 2.08. The standard InChI is InChI=1S/C9H11O4P/c1-2-14(11,12)13-9-6-4-3-5-8(9)7-10/h3-7H,2H2,1H3,(H,11,12). The monoisotopic (exact) mass is 214 g/mol. The molecule has 0 aliphatic carbocycles. The van der Waals surface area contributed by atoms with Crippen molar-refractivity contribution in [3.63, 3.8) is 0 Å². The molecule has 0 amide bonds. The summed E-state index contributed by atoms with van der Waals surface area (Å²) in [4.78, 5) is 19.8. The lowest BCUT2D eigenvalue weighted by molar-refractivity contribution is 0.112. The zero-order chi connectivity index (χ0) is 10.6. The Labute approximate surface area is 82.1 Å². The molecule has 0 aliphatic heterocycles. The van der Waals surface area contributed by atoms with Gasteiger partial charge in [-0.15, -0.1) is 0 Å². The van der Waals surface area contributed by atoms with Crippen molar-refractivity contribution in [2.24, 2.45) is 0 Å². The van der Waals surface area contributed by atoms with Gasteiger partial charge in [0.2, 0.25) is 0 Å². The van der Waals surface area contributed by atoms with Crippen molar-refractivity contribution in [3.05, 3.63) is 29.8 Å². The Morgan fingerprint density at radius 2 is 2.14 bits per heavy atom. The summed E-state index contributed by atoms with van der Waals surface area (Å²) >= 11 is 0. The average molecular weight is 214 g/mol. The van der Waals surface area contributed by atoms with Crippen LogP contribution in [-0.4, -0.2) is 17.3 Å². The van der Waals surface area contributed by atoms with Crippen molar-refractivity contribution < 1.29 is 18.8 Å². The Hall–Kier alpha value is -1.12. The number of hydrogen-bond donors (Lipinski definition) is 1. The minimum Gasteiger partial charge on any atom is -0.424 e. The largest absolute Gasteiger partial charge is 0.424 e. The van der Waals surface area contributed by atoms with Gasteiger partial charge in [-0.2, -0.15) is 0 Å². The van der Waals surface area contributed by atoms with Crippen LogP contribution in [0.2, 0.25) is 0 Å². The third-order valence-corrected chi connectivity index (χ3v) is 2.97. The lowest BCUT2D eigenvalue weighted by Gasteiger charge is -2.12. The van der Waals surface area contributed by atoms with Crippen molar-refractivity contribution in [1.29, 1.82) is 0 Å². The lowest BCUT2D eigenvalue weighted by Crippen LogP contribution is -1.96. The van der Waals surface area contributed by atoms with Crippen LogP contribution in [0, 0.1) is 0 Å². The number of hydrogen-bond acceptors (Lipinski definition) is 3. The molecular weight excluding hydrogens is 203 g/mol. The summed E-state index contributed by atoms with van der Waals surface area (Å²) in [6.45, 7) is 1.55. The summed E-state index contributed by atoms with van der Waals surface area (Å²) < 4.78 is 16.1. The van der Waals surface area contributed by atoms with E-state index in [1.165, 1.54) is 12.1 Å². The molecule has 0 saturated heterocycles. The Morgan fingerprint density at radius 1 is 1.50 bits per heavy atom. The van der Waals surface area contributed by atoms with Crippen molar-refractivity contribution >= 4 is 13.9 Å². The molecular formula is C9H11O4P. The van der Waals surface area contributed by atoms with E-state index in [1.54, 1.807) is 19.1 Å². The zero-order valence-electron chi connectivity index (χ0n) is 7.71. The first-order valence-electron chi connectivity index (χ1n) is 4.14. The number of aldehydes is 1. The molecule has 1 rings (SSSR count). The highest BCUT2D eigenvalue weighted by Gasteiger charge is 2.18. The maximum absolute atomic E-state index is 11.2. The molecule has 0 fully saturated rings. The molecule has 14 heavy (non-hydrogen) atoms. The predicted molar refractivity (Wildman–Crippen MR) is 52.8 cm³/mol. The van der Waals surface area contributed by atoms with Gasteiger partial charge in [0.15, 0.2) is 6.29 Å². The fourth-order valence-corrected chi connectivity index (χ4v) is 1.48. The van der Waals surface area contributed by atoms with E-state index in [-0.39, 0.29) is 17.5 Å². The summed E-state index contributed by atoms with van der Waals surface area (Å²) in [5.41, 5.74) is 0.273. The van der Waals surface area contributed by atoms with Gasteiger partial charge in [0.1, 0.15) is 5.75 Å². The zero-order valence-corrected chi connectivity index (χ0v) is 8.61. The molecule has 1 atom stereocenters. The minimum absolute atomic E-state index is 0.0141. The maximum Gasteiger partial charge on any atom is 0.376 e. The highest BCUT2D eigenvalue weighted by atomic mass is 31.2. The second-order valence-corrected chi connectivity index (χ2v) is 4.79. The van der Waals surface area contributed by atoms with Crippen molar-refractivity contribution in [2.75, 3.05) is 6.16 Å². The van der Waals surface area contributed by atoms with Crippen LogP contribution in [0.3, 0.4) is 0 Å². The van der Waals surface area contributed by atoms with Crippen LogP contribution < -0.4 is 4.52 Å². The number of carbonyl (C=O) groups is 1. The van der Waals surface area contributed by atoms with Gasteiger partial charge in [-0.05, 0) is 12.1 Å². The summed E-state index contributed by atoms with van der Waals surface area (Å²) in [5.74, 6) is 0.148. The Bertz CT molecular complexity index is 375. The molecule has 0 radical (unpaired) electrons. The second-order valence-electron chi connectivity index (χ2n) is 2.70. The van der Waals surface area contributed by atoms with Gasteiger partial charge in [-0.1, -0.05) is 19.1 Å². The van der Waals surface area contributed by atoms with Gasteiger partial charge in [0.05, 0.1) is 11.7 Å². The summed E-state index contributed by atoms with van der Waals surface area (Å²) in [6.07, 6.45) is 0.602. The summed E-state index contributed by atoms with van der Waals surface area (Å²) in [7, 11) is -3.59. The van der Waals surface area contributed by atoms with Crippen LogP contribution in [-0.2, 0) is 4.57 Å². The first kappa shape index (κ1) is 11.0. The lowest BCUT2D eigenvalue weighted by atomic mass is 10.2. The highest BCUT2D eigenvalue weighted by Crippen LogP contribution is 2.42. The van der Waals surface area contributed by atoms with E-state index >= 15 is 0 Å². The molecule has 0 aromatic heterocycles. The number of rotatable bonds is 4. The quantitative estimate of drug-likeness (QED) is 0.615. The molecule has 76 valence electrons. The molecule has 1 unspecified atom stereocenters. The molecule has 1 aromatic carbocycles. The SMILES string of the molecule is CCP(=O)(O)Oc1ccccc1C=O. The molecule has 0 heterocycles. The fraction of sp³-hybridized carbons (Fsp3) is 0.222. The van der Waals surface area contributed by atoms with Gasteiger partial charge in [0, 0.05) is 0 Å². The Kier molecular flexibility index (Phi) is 3.44. The Morgan fingerprint density at radius 3 is 2.71 bits per heavy atom. The van der Waals surface area contributed by atoms with Gasteiger partial charge >= 0.3 is 7.60 Å². The molecule has 0 saturated carbocycles. The molecule has 0 aliphatic rings. The fourth-order valence-electron chi connectivity index (χ4n) is 0.879. The highest BCUT2D eigenvalue weighted by molar-refractivity contribution is 7.53. The van der Waals surface area contributed by atoms with Crippen LogP contribution in [0.1, 0.15) is 17.3 Å². The van der Waals surface area contributed by atoms with E-state index in [1.807, 2.05) is 0 Å². The van der Waals surface area contributed by atoms with Crippen molar-refractivity contribution in [3.8, 4) is 5.75 Å². The van der Waals surface area contributed by atoms with Gasteiger partial charge in [0.25, 0.3) is 0 Å². The third-order valence-electron chi connectivity index (χ3n) is 1.69. The van der Waals surface area contributed by atoms with Gasteiger partial charge in [-0.3, -0.25) is 4.79 Å². The average Bonchev–Trinajstić information content (AvgIpc) is 2.18. The topological polar surface area (TPSA) is 63.6 Å². The second kappa shape index (κ2) is 4.40. The summed E-state index contributed by atoms with van der Waals surface area (Å²) in [5, 5.41) is 0. The van der Waals surface area contributed by atoms with Gasteiger partial charge < -0.3 is 9.42 Å². The van der Waals surface area contributed by atoms with Crippen molar-refractivity contribution in [2.45, 2.75) is 6.92 Å². The van der Waals surface area contributed by atoms with E-state index in [4.69, 9.17) is 4.52 Å². The van der Waals surface area contributed by atoms with Crippen LogP contribution >= 0.6 is 7.60 Å². The number of benzene rings is 1. The van der Waals surface area contributed by atoms with Crippen LogP contribution in [0.5, 0.6) is 5.75 Å². The van der Waals surface area contributed by atoms with E-state index in [2.05, 4.69) is 0 Å². The smallest absolute Gasteiger partial charge is 0.376 e. The van der Waals surface area contributed by atoms with Gasteiger partial charge in [-0.25, -0.2) is 4.57 Å². The van der Waals surface area contributed by atoms with E-state index in [0.717, 1.165) is 0 Å². The van der Waals surface area contributed by atoms with Crippen LogP contribution in [0.15, 0.2) is 24.3 Å². The molecule has 0 spiro atoms.